The van der Waals surface area contributed by atoms with Gasteiger partial charge in [0.05, 0.1) is 10.5 Å². The number of nitrogens with one attached hydrogen (secondary N) is 1. The molecule has 2 heterocycles. The van der Waals surface area contributed by atoms with Gasteiger partial charge in [0.2, 0.25) is 11.8 Å². The lowest BCUT2D eigenvalue weighted by Gasteiger charge is -2.23. The average molecular weight is 281 g/mol. The molecule has 1 aromatic heterocycles. The first-order valence-corrected chi connectivity index (χ1v) is 6.59. The monoisotopic (exact) mass is 281 g/mol. The molecule has 1 unspecified atom stereocenters. The summed E-state index contributed by atoms with van der Waals surface area (Å²) >= 11 is 0. The summed E-state index contributed by atoms with van der Waals surface area (Å²) in [4.78, 5) is 20.6. The number of anilines is 2. The van der Waals surface area contributed by atoms with E-state index in [0.717, 1.165) is 6.42 Å². The number of hydrogen-bond acceptors (Lipinski definition) is 7. The SMILES string of the molecule is CNc1ncc([N+](=O)[O-])c(N2CCCC(C)(O)CC2)n1. The van der Waals surface area contributed by atoms with E-state index in [0.29, 0.717) is 37.7 Å². The minimum Gasteiger partial charge on any atom is -0.390 e. The predicted molar refractivity (Wildman–Crippen MR) is 74.9 cm³/mol. The van der Waals surface area contributed by atoms with Gasteiger partial charge in [-0.2, -0.15) is 4.98 Å². The van der Waals surface area contributed by atoms with Crippen LogP contribution >= 0.6 is 0 Å². The van der Waals surface area contributed by atoms with E-state index in [1.165, 1.54) is 6.20 Å². The summed E-state index contributed by atoms with van der Waals surface area (Å²) in [6.07, 6.45) is 3.23. The number of rotatable bonds is 3. The van der Waals surface area contributed by atoms with E-state index in [1.807, 2.05) is 4.90 Å². The standard InChI is InChI=1S/C12H19N5O3/c1-12(18)4-3-6-16(7-5-12)10-9(17(19)20)8-14-11(13-2)15-10/h8,18H,3-7H2,1-2H3,(H,13,14,15). The largest absolute Gasteiger partial charge is 0.390 e. The lowest BCUT2D eigenvalue weighted by Crippen LogP contribution is -2.29. The predicted octanol–water partition coefficient (Wildman–Crippen LogP) is 1.17. The van der Waals surface area contributed by atoms with Crippen molar-refractivity contribution in [2.24, 2.45) is 0 Å². The van der Waals surface area contributed by atoms with Gasteiger partial charge >= 0.3 is 5.69 Å². The molecule has 1 aliphatic rings. The molecule has 1 saturated heterocycles. The molecule has 20 heavy (non-hydrogen) atoms. The van der Waals surface area contributed by atoms with E-state index in [1.54, 1.807) is 14.0 Å². The summed E-state index contributed by atoms with van der Waals surface area (Å²) in [5, 5.41) is 24.0. The Balaban J connectivity index is 2.32. The maximum atomic E-state index is 11.1. The van der Waals surface area contributed by atoms with Gasteiger partial charge in [0.15, 0.2) is 0 Å². The Morgan fingerprint density at radius 1 is 1.50 bits per heavy atom. The summed E-state index contributed by atoms with van der Waals surface area (Å²) < 4.78 is 0. The highest BCUT2D eigenvalue weighted by atomic mass is 16.6. The molecule has 0 amide bonds. The molecule has 0 radical (unpaired) electrons. The van der Waals surface area contributed by atoms with Crippen molar-refractivity contribution in [2.75, 3.05) is 30.4 Å². The second-order valence-electron chi connectivity index (χ2n) is 5.25. The quantitative estimate of drug-likeness (QED) is 0.633. The van der Waals surface area contributed by atoms with Gasteiger partial charge in [-0.05, 0) is 26.2 Å². The Morgan fingerprint density at radius 2 is 2.25 bits per heavy atom. The average Bonchev–Trinajstić information content (AvgIpc) is 2.58. The Labute approximate surface area is 117 Å². The van der Waals surface area contributed by atoms with Gasteiger partial charge < -0.3 is 15.3 Å². The maximum absolute atomic E-state index is 11.1. The van der Waals surface area contributed by atoms with E-state index >= 15 is 0 Å². The summed E-state index contributed by atoms with van der Waals surface area (Å²) in [7, 11) is 1.66. The molecule has 0 aliphatic carbocycles. The van der Waals surface area contributed by atoms with Gasteiger partial charge in [-0.3, -0.25) is 10.1 Å². The molecule has 2 rings (SSSR count). The van der Waals surface area contributed by atoms with E-state index in [9.17, 15) is 15.2 Å². The fourth-order valence-electron chi connectivity index (χ4n) is 2.32. The summed E-state index contributed by atoms with van der Waals surface area (Å²) in [6, 6.07) is 0. The van der Waals surface area contributed by atoms with Crippen molar-refractivity contribution in [2.45, 2.75) is 31.8 Å². The smallest absolute Gasteiger partial charge is 0.329 e. The minimum absolute atomic E-state index is 0.106. The molecule has 0 aromatic carbocycles. The zero-order valence-corrected chi connectivity index (χ0v) is 11.7. The van der Waals surface area contributed by atoms with Crippen molar-refractivity contribution in [3.05, 3.63) is 16.3 Å². The molecular weight excluding hydrogens is 262 g/mol. The minimum atomic E-state index is -0.720. The van der Waals surface area contributed by atoms with E-state index in [2.05, 4.69) is 15.3 Å². The number of aromatic nitrogens is 2. The molecule has 8 nitrogen and oxygen atoms in total. The molecule has 1 atom stereocenters. The van der Waals surface area contributed by atoms with Crippen molar-refractivity contribution in [1.82, 2.24) is 9.97 Å². The van der Waals surface area contributed by atoms with E-state index < -0.39 is 10.5 Å². The number of hydrogen-bond donors (Lipinski definition) is 2. The third kappa shape index (κ3) is 3.13. The Morgan fingerprint density at radius 3 is 2.90 bits per heavy atom. The second kappa shape index (κ2) is 5.58. The van der Waals surface area contributed by atoms with Crippen LogP contribution in [0.15, 0.2) is 6.20 Å². The van der Waals surface area contributed by atoms with Crippen LogP contribution in [0.4, 0.5) is 17.5 Å². The van der Waals surface area contributed by atoms with Gasteiger partial charge in [-0.25, -0.2) is 4.98 Å². The first-order valence-electron chi connectivity index (χ1n) is 6.59. The van der Waals surface area contributed by atoms with Gasteiger partial charge in [0.25, 0.3) is 0 Å². The highest BCUT2D eigenvalue weighted by Gasteiger charge is 2.29. The van der Waals surface area contributed by atoms with Crippen LogP contribution in [0.3, 0.4) is 0 Å². The Bertz CT molecular complexity index is 506. The van der Waals surface area contributed by atoms with Crippen LogP contribution in [0.1, 0.15) is 26.2 Å². The highest BCUT2D eigenvalue weighted by molar-refractivity contribution is 5.59. The Hall–Kier alpha value is -1.96. The molecule has 1 aromatic rings. The fourth-order valence-corrected chi connectivity index (χ4v) is 2.32. The number of nitrogens with zero attached hydrogens (tertiary/aromatic N) is 4. The molecule has 8 heteroatoms. The Kier molecular flexibility index (Phi) is 4.03. The van der Waals surface area contributed by atoms with Crippen LogP contribution in [0.25, 0.3) is 0 Å². The van der Waals surface area contributed by atoms with Crippen molar-refractivity contribution in [3.63, 3.8) is 0 Å². The van der Waals surface area contributed by atoms with Crippen LogP contribution in [-0.4, -0.2) is 45.7 Å². The molecule has 0 bridgehead atoms. The topological polar surface area (TPSA) is 104 Å². The third-order valence-corrected chi connectivity index (χ3v) is 3.53. The van der Waals surface area contributed by atoms with Crippen LogP contribution in [0, 0.1) is 10.1 Å². The third-order valence-electron chi connectivity index (χ3n) is 3.53. The normalized spacial score (nSPS) is 23.2. The zero-order chi connectivity index (χ0) is 14.8. The summed E-state index contributed by atoms with van der Waals surface area (Å²) in [5.41, 5.74) is -0.826. The van der Waals surface area contributed by atoms with Crippen LogP contribution in [0.2, 0.25) is 0 Å². The first kappa shape index (κ1) is 14.4. The molecule has 0 saturated carbocycles. The van der Waals surface area contributed by atoms with E-state index in [4.69, 9.17) is 0 Å². The summed E-state index contributed by atoms with van der Waals surface area (Å²) in [6.45, 7) is 2.97. The number of nitro groups is 1. The van der Waals surface area contributed by atoms with Crippen molar-refractivity contribution in [3.8, 4) is 0 Å². The van der Waals surface area contributed by atoms with Gasteiger partial charge in [0, 0.05) is 20.1 Å². The van der Waals surface area contributed by atoms with Crippen molar-refractivity contribution >= 4 is 17.5 Å². The van der Waals surface area contributed by atoms with Crippen molar-refractivity contribution < 1.29 is 10.0 Å². The zero-order valence-electron chi connectivity index (χ0n) is 11.7. The number of aliphatic hydroxyl groups is 1. The maximum Gasteiger partial charge on any atom is 0.329 e. The highest BCUT2D eigenvalue weighted by Crippen LogP contribution is 2.30. The van der Waals surface area contributed by atoms with Crippen LogP contribution < -0.4 is 10.2 Å². The van der Waals surface area contributed by atoms with Crippen LogP contribution in [-0.2, 0) is 0 Å². The van der Waals surface area contributed by atoms with Gasteiger partial charge in [0.1, 0.15) is 6.20 Å². The molecule has 1 aliphatic heterocycles. The lowest BCUT2D eigenvalue weighted by molar-refractivity contribution is -0.384. The molecule has 0 spiro atoms. The van der Waals surface area contributed by atoms with Crippen LogP contribution in [0.5, 0.6) is 0 Å². The molecule has 1 fully saturated rings. The van der Waals surface area contributed by atoms with Gasteiger partial charge in [-0.1, -0.05) is 0 Å². The molecule has 110 valence electrons. The first-order chi connectivity index (χ1) is 9.43. The fraction of sp³-hybridized carbons (Fsp3) is 0.667. The van der Waals surface area contributed by atoms with E-state index in [-0.39, 0.29) is 5.69 Å². The van der Waals surface area contributed by atoms with Crippen molar-refractivity contribution in [1.29, 1.82) is 0 Å². The molecule has 2 N–H and O–H groups in total. The lowest BCUT2D eigenvalue weighted by atomic mass is 9.98. The second-order valence-corrected chi connectivity index (χ2v) is 5.25. The summed E-state index contributed by atoms with van der Waals surface area (Å²) in [5.74, 6) is 0.661. The van der Waals surface area contributed by atoms with Gasteiger partial charge in [-0.15, -0.1) is 0 Å². The molecular formula is C12H19N5O3.